The molecule has 0 aliphatic heterocycles. The lowest BCUT2D eigenvalue weighted by Crippen LogP contribution is -2.27. The van der Waals surface area contributed by atoms with Crippen LogP contribution in [0.2, 0.25) is 5.02 Å². The van der Waals surface area contributed by atoms with E-state index in [9.17, 15) is 18.0 Å². The lowest BCUT2D eigenvalue weighted by molar-refractivity contribution is -0.139. The van der Waals surface area contributed by atoms with Crippen molar-refractivity contribution in [1.29, 1.82) is 0 Å². The maximum Gasteiger partial charge on any atom is 0.416 e. The first-order valence-corrected chi connectivity index (χ1v) is 7.42. The molecule has 1 aromatic heterocycles. The van der Waals surface area contributed by atoms with Gasteiger partial charge in [-0.15, -0.1) is 0 Å². The summed E-state index contributed by atoms with van der Waals surface area (Å²) >= 11 is 6.06. The minimum atomic E-state index is -4.60. The number of benzene rings is 1. The number of amides is 1. The fraction of sp³-hybridized carbons (Fsp3) is 0.250. The number of halogens is 4. The van der Waals surface area contributed by atoms with E-state index in [4.69, 9.17) is 16.3 Å². The highest BCUT2D eigenvalue weighted by Gasteiger charge is 2.37. The summed E-state index contributed by atoms with van der Waals surface area (Å²) in [5.74, 6) is 0. The van der Waals surface area contributed by atoms with Crippen molar-refractivity contribution in [3.63, 3.8) is 0 Å². The molecule has 1 atom stereocenters. The molecule has 0 radical (unpaired) electrons. The molecule has 0 saturated carbocycles. The first-order chi connectivity index (χ1) is 11.3. The summed E-state index contributed by atoms with van der Waals surface area (Å²) in [7, 11) is 0. The minimum absolute atomic E-state index is 0.149. The molecule has 8 heteroatoms. The first kappa shape index (κ1) is 18.1. The van der Waals surface area contributed by atoms with Gasteiger partial charge in [0.15, 0.2) is 6.10 Å². The van der Waals surface area contributed by atoms with Crippen LogP contribution in [-0.2, 0) is 10.9 Å². The van der Waals surface area contributed by atoms with Gasteiger partial charge in [-0.05, 0) is 19.1 Å². The number of carbonyl (C=O) groups excluding carboxylic acids is 1. The Bertz CT molecular complexity index is 722. The SMILES string of the molecule is CCNC(=O)OC(c1cnccc1Cl)c1ccccc1C(F)(F)F. The molecule has 24 heavy (non-hydrogen) atoms. The lowest BCUT2D eigenvalue weighted by Gasteiger charge is -2.23. The number of aromatic nitrogens is 1. The van der Waals surface area contributed by atoms with Gasteiger partial charge >= 0.3 is 12.3 Å². The molecule has 0 fully saturated rings. The van der Waals surface area contributed by atoms with E-state index in [2.05, 4.69) is 10.3 Å². The van der Waals surface area contributed by atoms with Crippen molar-refractivity contribution in [2.75, 3.05) is 6.54 Å². The lowest BCUT2D eigenvalue weighted by atomic mass is 9.97. The third kappa shape index (κ3) is 4.17. The van der Waals surface area contributed by atoms with Crippen LogP contribution in [-0.4, -0.2) is 17.6 Å². The second-order valence-electron chi connectivity index (χ2n) is 4.80. The largest absolute Gasteiger partial charge is 0.436 e. The van der Waals surface area contributed by atoms with Crippen LogP contribution >= 0.6 is 11.6 Å². The Morgan fingerprint density at radius 3 is 2.62 bits per heavy atom. The molecule has 0 aliphatic carbocycles. The van der Waals surface area contributed by atoms with Crippen molar-refractivity contribution in [3.05, 3.63) is 64.4 Å². The molecule has 0 saturated heterocycles. The van der Waals surface area contributed by atoms with Crippen LogP contribution in [0.4, 0.5) is 18.0 Å². The highest BCUT2D eigenvalue weighted by Crippen LogP contribution is 2.39. The number of hydrogen-bond acceptors (Lipinski definition) is 3. The Labute approximate surface area is 141 Å². The summed E-state index contributed by atoms with van der Waals surface area (Å²) in [6, 6.07) is 6.29. The Kier molecular flexibility index (Phi) is 5.66. The van der Waals surface area contributed by atoms with Crippen molar-refractivity contribution in [1.82, 2.24) is 10.3 Å². The van der Waals surface area contributed by atoms with E-state index >= 15 is 0 Å². The molecule has 0 bridgehead atoms. The van der Waals surface area contributed by atoms with E-state index in [-0.39, 0.29) is 22.7 Å². The number of rotatable bonds is 4. The second kappa shape index (κ2) is 7.53. The van der Waals surface area contributed by atoms with Gasteiger partial charge in [-0.3, -0.25) is 4.98 Å². The fourth-order valence-electron chi connectivity index (χ4n) is 2.15. The minimum Gasteiger partial charge on any atom is -0.436 e. The molecule has 2 rings (SSSR count). The highest BCUT2D eigenvalue weighted by atomic mass is 35.5. The van der Waals surface area contributed by atoms with Crippen LogP contribution in [0.15, 0.2) is 42.7 Å². The van der Waals surface area contributed by atoms with Crippen molar-refractivity contribution < 1.29 is 22.7 Å². The van der Waals surface area contributed by atoms with Gasteiger partial charge in [0, 0.05) is 30.1 Å². The Morgan fingerprint density at radius 1 is 1.29 bits per heavy atom. The average molecular weight is 359 g/mol. The number of nitrogens with one attached hydrogen (secondary N) is 1. The van der Waals surface area contributed by atoms with Gasteiger partial charge in [-0.2, -0.15) is 13.2 Å². The summed E-state index contributed by atoms with van der Waals surface area (Å²) in [6.45, 7) is 1.93. The maximum absolute atomic E-state index is 13.3. The number of alkyl halides is 3. The molecular formula is C16H14ClF3N2O2. The molecule has 1 unspecified atom stereocenters. The van der Waals surface area contributed by atoms with E-state index in [0.29, 0.717) is 0 Å². The fourth-order valence-corrected chi connectivity index (χ4v) is 2.36. The average Bonchev–Trinajstić information content (AvgIpc) is 2.53. The van der Waals surface area contributed by atoms with E-state index < -0.39 is 23.9 Å². The number of nitrogens with zero attached hydrogens (tertiary/aromatic N) is 1. The summed E-state index contributed by atoms with van der Waals surface area (Å²) in [4.78, 5) is 15.7. The molecule has 1 aromatic carbocycles. The summed E-state index contributed by atoms with van der Waals surface area (Å²) in [6.07, 6.45) is -4.12. The molecule has 1 heterocycles. The molecule has 2 aromatic rings. The number of hydrogen-bond donors (Lipinski definition) is 1. The Morgan fingerprint density at radius 2 is 2.00 bits per heavy atom. The molecular weight excluding hydrogens is 345 g/mol. The molecule has 128 valence electrons. The van der Waals surface area contributed by atoms with Crippen molar-refractivity contribution in [2.24, 2.45) is 0 Å². The van der Waals surface area contributed by atoms with E-state index in [1.807, 2.05) is 0 Å². The predicted molar refractivity (Wildman–Crippen MR) is 82.7 cm³/mol. The van der Waals surface area contributed by atoms with Crippen LogP contribution in [0.5, 0.6) is 0 Å². The first-order valence-electron chi connectivity index (χ1n) is 7.04. The quantitative estimate of drug-likeness (QED) is 0.869. The smallest absolute Gasteiger partial charge is 0.416 e. The second-order valence-corrected chi connectivity index (χ2v) is 5.21. The monoisotopic (exact) mass is 358 g/mol. The zero-order valence-electron chi connectivity index (χ0n) is 12.6. The van der Waals surface area contributed by atoms with Gasteiger partial charge in [-0.1, -0.05) is 29.8 Å². The van der Waals surface area contributed by atoms with E-state index in [1.54, 1.807) is 6.92 Å². The molecule has 4 nitrogen and oxygen atoms in total. The van der Waals surface area contributed by atoms with E-state index in [1.165, 1.54) is 36.7 Å². The molecule has 1 N–H and O–H groups in total. The predicted octanol–water partition coefficient (Wildman–Crippen LogP) is 4.59. The Balaban J connectivity index is 2.56. The normalized spacial score (nSPS) is 12.5. The zero-order valence-corrected chi connectivity index (χ0v) is 13.4. The van der Waals surface area contributed by atoms with Crippen LogP contribution in [0.1, 0.15) is 29.7 Å². The Hall–Kier alpha value is -2.28. The van der Waals surface area contributed by atoms with Crippen molar-refractivity contribution in [3.8, 4) is 0 Å². The molecule has 0 aliphatic rings. The van der Waals surface area contributed by atoms with Crippen LogP contribution < -0.4 is 5.32 Å². The van der Waals surface area contributed by atoms with Crippen molar-refractivity contribution >= 4 is 17.7 Å². The van der Waals surface area contributed by atoms with Crippen LogP contribution in [0.3, 0.4) is 0 Å². The third-order valence-electron chi connectivity index (χ3n) is 3.17. The zero-order chi connectivity index (χ0) is 17.7. The van der Waals surface area contributed by atoms with E-state index in [0.717, 1.165) is 6.07 Å². The van der Waals surface area contributed by atoms with Crippen LogP contribution in [0, 0.1) is 0 Å². The number of alkyl carbamates (subject to hydrolysis) is 1. The number of carbonyl (C=O) groups is 1. The molecule has 1 amide bonds. The van der Waals surface area contributed by atoms with Crippen molar-refractivity contribution in [2.45, 2.75) is 19.2 Å². The summed E-state index contributed by atoms with van der Waals surface area (Å²) < 4.78 is 45.1. The van der Waals surface area contributed by atoms with Gasteiger partial charge in [0.1, 0.15) is 0 Å². The van der Waals surface area contributed by atoms with Gasteiger partial charge in [0.05, 0.1) is 10.6 Å². The summed E-state index contributed by atoms with van der Waals surface area (Å²) in [5.41, 5.74) is -0.951. The van der Waals surface area contributed by atoms with Crippen LogP contribution in [0.25, 0.3) is 0 Å². The molecule has 0 spiro atoms. The summed E-state index contributed by atoms with van der Waals surface area (Å²) in [5, 5.41) is 2.54. The van der Waals surface area contributed by atoms with Gasteiger partial charge in [-0.25, -0.2) is 4.79 Å². The third-order valence-corrected chi connectivity index (χ3v) is 3.52. The number of ether oxygens (including phenoxy) is 1. The van der Waals surface area contributed by atoms with Gasteiger partial charge in [0.2, 0.25) is 0 Å². The standard InChI is InChI=1S/C16H14ClF3N2O2/c1-2-22-15(23)24-14(11-9-21-8-7-13(11)17)10-5-3-4-6-12(10)16(18,19)20/h3-9,14H,2H2,1H3,(H,22,23). The topological polar surface area (TPSA) is 51.2 Å². The maximum atomic E-state index is 13.3. The number of pyridine rings is 1. The van der Waals surface area contributed by atoms with Gasteiger partial charge < -0.3 is 10.1 Å². The van der Waals surface area contributed by atoms with Gasteiger partial charge in [0.25, 0.3) is 0 Å². The highest BCUT2D eigenvalue weighted by molar-refractivity contribution is 6.31.